The summed E-state index contributed by atoms with van der Waals surface area (Å²) in [6.45, 7) is 2.48. The van der Waals surface area contributed by atoms with Crippen LogP contribution >= 0.6 is 0 Å². The molecule has 1 aromatic rings. The van der Waals surface area contributed by atoms with Crippen molar-refractivity contribution in [2.45, 2.75) is 43.4 Å². The van der Waals surface area contributed by atoms with Crippen molar-refractivity contribution in [3.05, 3.63) is 18.2 Å². The molecule has 2 aliphatic heterocycles. The molecule has 0 aromatic carbocycles. The summed E-state index contributed by atoms with van der Waals surface area (Å²) in [6.07, 6.45) is 5.36. The van der Waals surface area contributed by atoms with Crippen LogP contribution < -0.4 is 4.90 Å². The number of amides is 1. The van der Waals surface area contributed by atoms with E-state index in [1.165, 1.54) is 0 Å². The molecule has 0 N–H and O–H groups in total. The van der Waals surface area contributed by atoms with Gasteiger partial charge in [0.05, 0.1) is 32.1 Å². The number of morpholine rings is 1. The SMILES string of the molecule is O=C(N1CCOC2(CCCN(c3ncc(F)cn3)C2)C1)C1(F)CCC1. The van der Waals surface area contributed by atoms with Gasteiger partial charge in [-0.2, -0.15) is 0 Å². The minimum Gasteiger partial charge on any atom is -0.369 e. The number of halogens is 2. The number of carbonyl (C=O) groups excluding carboxylic acids is 1. The minimum absolute atomic E-state index is 0.325. The second-order valence-corrected chi connectivity index (χ2v) is 7.30. The maximum Gasteiger partial charge on any atom is 0.260 e. The van der Waals surface area contributed by atoms with E-state index in [2.05, 4.69) is 9.97 Å². The van der Waals surface area contributed by atoms with Crippen molar-refractivity contribution in [3.63, 3.8) is 0 Å². The highest BCUT2D eigenvalue weighted by Crippen LogP contribution is 2.39. The summed E-state index contributed by atoms with van der Waals surface area (Å²) >= 11 is 0. The maximum atomic E-state index is 14.5. The largest absolute Gasteiger partial charge is 0.369 e. The molecule has 4 rings (SSSR count). The Morgan fingerprint density at radius 3 is 2.56 bits per heavy atom. The summed E-state index contributed by atoms with van der Waals surface area (Å²) in [5.41, 5.74) is -2.21. The highest BCUT2D eigenvalue weighted by atomic mass is 19.1. The fourth-order valence-electron chi connectivity index (χ4n) is 3.99. The summed E-state index contributed by atoms with van der Waals surface area (Å²) in [6, 6.07) is 0. The molecule has 136 valence electrons. The van der Waals surface area contributed by atoms with Crippen molar-refractivity contribution in [2.75, 3.05) is 37.7 Å². The van der Waals surface area contributed by atoms with E-state index in [0.29, 0.717) is 45.0 Å². The Morgan fingerprint density at radius 2 is 1.88 bits per heavy atom. The third-order valence-corrected chi connectivity index (χ3v) is 5.49. The fourth-order valence-corrected chi connectivity index (χ4v) is 3.99. The maximum absolute atomic E-state index is 14.5. The van der Waals surface area contributed by atoms with Crippen LogP contribution in [0.15, 0.2) is 12.4 Å². The molecule has 1 atom stereocenters. The molecule has 25 heavy (non-hydrogen) atoms. The molecule has 6 nitrogen and oxygen atoms in total. The fraction of sp³-hybridized carbons (Fsp3) is 0.706. The van der Waals surface area contributed by atoms with Crippen molar-refractivity contribution in [1.29, 1.82) is 0 Å². The van der Waals surface area contributed by atoms with E-state index in [1.54, 1.807) is 4.90 Å². The van der Waals surface area contributed by atoms with E-state index in [4.69, 9.17) is 4.74 Å². The van der Waals surface area contributed by atoms with Crippen LogP contribution in [-0.2, 0) is 9.53 Å². The average Bonchev–Trinajstić information content (AvgIpc) is 2.60. The lowest BCUT2D eigenvalue weighted by Crippen LogP contribution is -2.63. The third kappa shape index (κ3) is 3.07. The van der Waals surface area contributed by atoms with Gasteiger partial charge in [0, 0.05) is 13.1 Å². The predicted octanol–water partition coefficient (Wildman–Crippen LogP) is 1.71. The summed E-state index contributed by atoms with van der Waals surface area (Å²) < 4.78 is 33.6. The van der Waals surface area contributed by atoms with Crippen molar-refractivity contribution in [2.24, 2.45) is 0 Å². The number of hydrogen-bond acceptors (Lipinski definition) is 5. The van der Waals surface area contributed by atoms with E-state index >= 15 is 0 Å². The first-order valence-corrected chi connectivity index (χ1v) is 8.85. The second-order valence-electron chi connectivity index (χ2n) is 7.30. The number of hydrogen-bond donors (Lipinski definition) is 0. The molecule has 0 bridgehead atoms. The standard InChI is InChI=1S/C17H22F2N4O2/c18-13-9-20-15(21-10-13)23-6-2-3-16(12-23)11-22(7-8-25-16)14(24)17(19)4-1-5-17/h9-10H,1-8,11-12H2. The molecule has 2 saturated heterocycles. The Balaban J connectivity index is 1.48. The summed E-state index contributed by atoms with van der Waals surface area (Å²) in [7, 11) is 0. The summed E-state index contributed by atoms with van der Waals surface area (Å²) in [5, 5.41) is 0. The van der Waals surface area contributed by atoms with E-state index in [-0.39, 0.29) is 0 Å². The van der Waals surface area contributed by atoms with Gasteiger partial charge in [0.1, 0.15) is 5.60 Å². The van der Waals surface area contributed by atoms with Crippen LogP contribution in [0, 0.1) is 5.82 Å². The van der Waals surface area contributed by atoms with Crippen molar-refractivity contribution in [1.82, 2.24) is 14.9 Å². The van der Waals surface area contributed by atoms with Crippen LogP contribution in [0.25, 0.3) is 0 Å². The first-order valence-electron chi connectivity index (χ1n) is 8.85. The first-order chi connectivity index (χ1) is 12.0. The molecule has 1 spiro atoms. The van der Waals surface area contributed by atoms with Gasteiger partial charge in [0.15, 0.2) is 11.5 Å². The minimum atomic E-state index is -1.67. The Morgan fingerprint density at radius 1 is 1.12 bits per heavy atom. The number of ether oxygens (including phenoxy) is 1. The predicted molar refractivity (Wildman–Crippen MR) is 86.4 cm³/mol. The van der Waals surface area contributed by atoms with E-state index in [0.717, 1.165) is 38.2 Å². The van der Waals surface area contributed by atoms with Gasteiger partial charge in [-0.1, -0.05) is 0 Å². The van der Waals surface area contributed by atoms with Crippen molar-refractivity contribution >= 4 is 11.9 Å². The molecule has 8 heteroatoms. The highest BCUT2D eigenvalue weighted by Gasteiger charge is 2.50. The Labute approximate surface area is 145 Å². The number of rotatable bonds is 2. The molecular weight excluding hydrogens is 330 g/mol. The van der Waals surface area contributed by atoms with Crippen LogP contribution in [0.5, 0.6) is 0 Å². The summed E-state index contributed by atoms with van der Waals surface area (Å²) in [5.74, 6) is -0.417. The number of nitrogens with zero attached hydrogens (tertiary/aromatic N) is 4. The molecule has 3 aliphatic rings. The van der Waals surface area contributed by atoms with Crippen LogP contribution in [0.1, 0.15) is 32.1 Å². The number of aromatic nitrogens is 2. The normalized spacial score (nSPS) is 28.7. The van der Waals surface area contributed by atoms with Gasteiger partial charge < -0.3 is 14.5 Å². The van der Waals surface area contributed by atoms with Crippen molar-refractivity contribution in [3.8, 4) is 0 Å². The molecule has 0 radical (unpaired) electrons. The van der Waals surface area contributed by atoms with E-state index in [9.17, 15) is 13.6 Å². The smallest absolute Gasteiger partial charge is 0.260 e. The quantitative estimate of drug-likeness (QED) is 0.811. The molecule has 3 heterocycles. The van der Waals surface area contributed by atoms with Gasteiger partial charge in [-0.25, -0.2) is 18.7 Å². The van der Waals surface area contributed by atoms with E-state index in [1.807, 2.05) is 4.90 Å². The zero-order valence-corrected chi connectivity index (χ0v) is 14.1. The van der Waals surface area contributed by atoms with Crippen LogP contribution in [0.3, 0.4) is 0 Å². The lowest BCUT2D eigenvalue weighted by Gasteiger charge is -2.49. The Hall–Kier alpha value is -1.83. The Kier molecular flexibility index (Phi) is 4.10. The second kappa shape index (κ2) is 6.16. The summed E-state index contributed by atoms with van der Waals surface area (Å²) in [4.78, 5) is 24.2. The van der Waals surface area contributed by atoms with Crippen LogP contribution in [-0.4, -0.2) is 64.8 Å². The molecular formula is C17H22F2N4O2. The van der Waals surface area contributed by atoms with Gasteiger partial charge >= 0.3 is 0 Å². The van der Waals surface area contributed by atoms with Gasteiger partial charge in [-0.15, -0.1) is 0 Å². The average molecular weight is 352 g/mol. The molecule has 1 aliphatic carbocycles. The number of alkyl halides is 1. The van der Waals surface area contributed by atoms with Gasteiger partial charge in [0.2, 0.25) is 5.95 Å². The molecule has 3 fully saturated rings. The van der Waals surface area contributed by atoms with Crippen LogP contribution in [0.2, 0.25) is 0 Å². The zero-order chi connectivity index (χ0) is 17.5. The van der Waals surface area contributed by atoms with Crippen molar-refractivity contribution < 1.29 is 18.3 Å². The molecule has 1 aromatic heterocycles. The lowest BCUT2D eigenvalue weighted by atomic mass is 9.80. The highest BCUT2D eigenvalue weighted by molar-refractivity contribution is 5.86. The number of anilines is 1. The van der Waals surface area contributed by atoms with Gasteiger partial charge in [-0.05, 0) is 32.1 Å². The zero-order valence-electron chi connectivity index (χ0n) is 14.1. The molecule has 1 unspecified atom stereocenters. The molecule has 1 saturated carbocycles. The number of carbonyl (C=O) groups is 1. The Bertz CT molecular complexity index is 649. The first kappa shape index (κ1) is 16.6. The monoisotopic (exact) mass is 352 g/mol. The number of piperidine rings is 1. The van der Waals surface area contributed by atoms with Crippen LogP contribution in [0.4, 0.5) is 14.7 Å². The molecule has 1 amide bonds. The van der Waals surface area contributed by atoms with Gasteiger partial charge in [0.25, 0.3) is 5.91 Å². The lowest BCUT2D eigenvalue weighted by molar-refractivity contribution is -0.168. The topological polar surface area (TPSA) is 58.6 Å². The third-order valence-electron chi connectivity index (χ3n) is 5.49. The van der Waals surface area contributed by atoms with E-state index < -0.39 is 23.0 Å². The van der Waals surface area contributed by atoms with Gasteiger partial charge in [-0.3, -0.25) is 4.79 Å².